The van der Waals surface area contributed by atoms with Crippen molar-refractivity contribution in [2.75, 3.05) is 7.05 Å². The van der Waals surface area contributed by atoms with Gasteiger partial charge in [-0.2, -0.15) is 0 Å². The molecule has 64 valence electrons. The normalized spacial score (nSPS) is 23.8. The number of rotatable bonds is 3. The van der Waals surface area contributed by atoms with Crippen molar-refractivity contribution in [2.24, 2.45) is 11.7 Å². The van der Waals surface area contributed by atoms with Crippen molar-refractivity contribution < 1.29 is 4.79 Å². The summed E-state index contributed by atoms with van der Waals surface area (Å²) in [5, 5.41) is 3.01. The van der Waals surface area contributed by atoms with Crippen LogP contribution in [0.3, 0.4) is 0 Å². The molecule has 0 spiro atoms. The molecule has 1 saturated carbocycles. The molecule has 0 saturated heterocycles. The van der Waals surface area contributed by atoms with Crippen LogP contribution in [-0.4, -0.2) is 18.5 Å². The highest BCUT2D eigenvalue weighted by molar-refractivity contribution is 5.84. The maximum Gasteiger partial charge on any atom is 0.237 e. The summed E-state index contributed by atoms with van der Waals surface area (Å²) in [6, 6.07) is 0. The maximum absolute atomic E-state index is 11.0. The molecule has 11 heavy (non-hydrogen) atoms. The zero-order valence-corrected chi connectivity index (χ0v) is 7.18. The lowest BCUT2D eigenvalue weighted by Crippen LogP contribution is -2.58. The highest BCUT2D eigenvalue weighted by atomic mass is 16.1. The first-order valence-corrected chi connectivity index (χ1v) is 4.10. The van der Waals surface area contributed by atoms with Crippen LogP contribution in [0.5, 0.6) is 0 Å². The molecule has 3 heteroatoms. The summed E-state index contributed by atoms with van der Waals surface area (Å²) < 4.78 is 0. The van der Waals surface area contributed by atoms with Crippen LogP contribution in [-0.2, 0) is 4.79 Å². The summed E-state index contributed by atoms with van der Waals surface area (Å²) in [6.45, 7) is 1.89. The lowest BCUT2D eigenvalue weighted by Gasteiger charge is -2.40. The van der Waals surface area contributed by atoms with Gasteiger partial charge in [0.1, 0.15) is 0 Å². The minimum atomic E-state index is -0.474. The second-order valence-corrected chi connectivity index (χ2v) is 3.44. The van der Waals surface area contributed by atoms with Gasteiger partial charge >= 0.3 is 0 Å². The fraction of sp³-hybridized carbons (Fsp3) is 0.875. The quantitative estimate of drug-likeness (QED) is 0.615. The van der Waals surface area contributed by atoms with Crippen molar-refractivity contribution in [3.05, 3.63) is 0 Å². The number of nitrogens with one attached hydrogen (secondary N) is 1. The van der Waals surface area contributed by atoms with Crippen molar-refractivity contribution in [1.29, 1.82) is 0 Å². The summed E-state index contributed by atoms with van der Waals surface area (Å²) in [4.78, 5) is 11.0. The Morgan fingerprint density at radius 1 is 1.64 bits per heavy atom. The highest BCUT2D eigenvalue weighted by Crippen LogP contribution is 2.35. The molecule has 1 atom stereocenters. The van der Waals surface area contributed by atoms with Crippen LogP contribution in [0.25, 0.3) is 0 Å². The van der Waals surface area contributed by atoms with Crippen molar-refractivity contribution >= 4 is 5.91 Å². The minimum absolute atomic E-state index is 0.232. The molecule has 0 aromatic heterocycles. The molecule has 0 bridgehead atoms. The maximum atomic E-state index is 11.0. The van der Waals surface area contributed by atoms with Crippen LogP contribution >= 0.6 is 0 Å². The molecular weight excluding hydrogens is 140 g/mol. The monoisotopic (exact) mass is 156 g/mol. The van der Waals surface area contributed by atoms with Crippen LogP contribution in [0.2, 0.25) is 0 Å². The third-order valence-electron chi connectivity index (χ3n) is 2.95. The zero-order valence-electron chi connectivity index (χ0n) is 7.18. The van der Waals surface area contributed by atoms with Gasteiger partial charge < -0.3 is 11.1 Å². The van der Waals surface area contributed by atoms with E-state index in [1.165, 1.54) is 6.42 Å². The smallest absolute Gasteiger partial charge is 0.237 e. The number of hydrogen-bond donors (Lipinski definition) is 2. The Kier molecular flexibility index (Phi) is 2.18. The molecule has 3 N–H and O–H groups in total. The molecule has 1 fully saturated rings. The van der Waals surface area contributed by atoms with Gasteiger partial charge in [0, 0.05) is 0 Å². The molecule has 0 aromatic carbocycles. The average Bonchev–Trinajstić information content (AvgIpc) is 1.83. The second-order valence-electron chi connectivity index (χ2n) is 3.44. The van der Waals surface area contributed by atoms with E-state index in [0.717, 1.165) is 12.8 Å². The Labute approximate surface area is 67.3 Å². The van der Waals surface area contributed by atoms with Gasteiger partial charge in [-0.05, 0) is 32.7 Å². The first-order valence-electron chi connectivity index (χ1n) is 4.10. The SMILES string of the molecule is CNC(C)(C(N)=O)C1CCC1. The number of nitrogens with two attached hydrogens (primary N) is 1. The first kappa shape index (κ1) is 8.53. The summed E-state index contributed by atoms with van der Waals surface area (Å²) in [6.07, 6.45) is 3.48. The molecule has 1 unspecified atom stereocenters. The van der Waals surface area contributed by atoms with Crippen LogP contribution < -0.4 is 11.1 Å². The van der Waals surface area contributed by atoms with Gasteiger partial charge in [-0.15, -0.1) is 0 Å². The molecular formula is C8H16N2O. The van der Waals surface area contributed by atoms with Gasteiger partial charge in [-0.1, -0.05) is 6.42 Å². The Morgan fingerprint density at radius 3 is 2.27 bits per heavy atom. The van der Waals surface area contributed by atoms with E-state index < -0.39 is 5.54 Å². The average molecular weight is 156 g/mol. The van der Waals surface area contributed by atoms with Gasteiger partial charge in [-0.25, -0.2) is 0 Å². The Bertz CT molecular complexity index is 165. The molecule has 0 aromatic rings. The third kappa shape index (κ3) is 1.25. The number of amides is 1. The van der Waals surface area contributed by atoms with Crippen LogP contribution in [0.1, 0.15) is 26.2 Å². The minimum Gasteiger partial charge on any atom is -0.368 e. The van der Waals surface area contributed by atoms with Gasteiger partial charge in [0.15, 0.2) is 0 Å². The van der Waals surface area contributed by atoms with Gasteiger partial charge in [0.05, 0.1) is 5.54 Å². The van der Waals surface area contributed by atoms with Crippen LogP contribution in [0, 0.1) is 5.92 Å². The number of primary amides is 1. The van der Waals surface area contributed by atoms with E-state index in [4.69, 9.17) is 5.73 Å². The number of hydrogen-bond acceptors (Lipinski definition) is 2. The summed E-state index contributed by atoms with van der Waals surface area (Å²) in [5.74, 6) is 0.217. The van der Waals surface area contributed by atoms with E-state index in [1.54, 1.807) is 7.05 Å². The van der Waals surface area contributed by atoms with Crippen LogP contribution in [0.4, 0.5) is 0 Å². The fourth-order valence-electron chi connectivity index (χ4n) is 1.51. The predicted molar refractivity (Wildman–Crippen MR) is 44.0 cm³/mol. The summed E-state index contributed by atoms with van der Waals surface area (Å²) in [5.41, 5.74) is 4.82. The van der Waals surface area contributed by atoms with Gasteiger partial charge in [0.25, 0.3) is 0 Å². The number of carbonyl (C=O) groups excluding carboxylic acids is 1. The second kappa shape index (κ2) is 2.81. The first-order chi connectivity index (χ1) is 5.11. The van der Waals surface area contributed by atoms with E-state index in [9.17, 15) is 4.79 Å². The number of carbonyl (C=O) groups is 1. The lowest BCUT2D eigenvalue weighted by atomic mass is 9.71. The highest BCUT2D eigenvalue weighted by Gasteiger charge is 2.41. The zero-order chi connectivity index (χ0) is 8.48. The predicted octanol–water partition coefficient (Wildman–Crippen LogP) is 0.250. The Balaban J connectivity index is 2.65. The van der Waals surface area contributed by atoms with Crippen molar-refractivity contribution in [3.8, 4) is 0 Å². The number of likely N-dealkylation sites (N-methyl/N-ethyl adjacent to an activating group) is 1. The lowest BCUT2D eigenvalue weighted by molar-refractivity contribution is -0.127. The molecule has 0 heterocycles. The van der Waals surface area contributed by atoms with Gasteiger partial charge in [0.2, 0.25) is 5.91 Å². The summed E-state index contributed by atoms with van der Waals surface area (Å²) in [7, 11) is 1.79. The van der Waals surface area contributed by atoms with E-state index in [2.05, 4.69) is 5.32 Å². The van der Waals surface area contributed by atoms with E-state index in [-0.39, 0.29) is 5.91 Å². The van der Waals surface area contributed by atoms with Crippen molar-refractivity contribution in [3.63, 3.8) is 0 Å². The van der Waals surface area contributed by atoms with Gasteiger partial charge in [-0.3, -0.25) is 4.79 Å². The standard InChI is InChI=1S/C8H16N2O/c1-8(10-2,7(9)11)6-4-3-5-6/h6,10H,3-5H2,1-2H3,(H2,9,11). The molecule has 0 aliphatic heterocycles. The van der Waals surface area contributed by atoms with E-state index >= 15 is 0 Å². The largest absolute Gasteiger partial charge is 0.368 e. The molecule has 3 nitrogen and oxygen atoms in total. The van der Waals surface area contributed by atoms with Crippen molar-refractivity contribution in [1.82, 2.24) is 5.32 Å². The van der Waals surface area contributed by atoms with E-state index in [1.807, 2.05) is 6.92 Å². The molecule has 1 amide bonds. The van der Waals surface area contributed by atoms with Crippen LogP contribution in [0.15, 0.2) is 0 Å². The topological polar surface area (TPSA) is 55.1 Å². The molecule has 0 radical (unpaired) electrons. The summed E-state index contributed by atoms with van der Waals surface area (Å²) >= 11 is 0. The van der Waals surface area contributed by atoms with E-state index in [0.29, 0.717) is 5.92 Å². The molecule has 1 aliphatic rings. The Morgan fingerprint density at radius 2 is 2.18 bits per heavy atom. The van der Waals surface area contributed by atoms with Crippen molar-refractivity contribution in [2.45, 2.75) is 31.7 Å². The third-order valence-corrected chi connectivity index (χ3v) is 2.95. The molecule has 1 rings (SSSR count). The Hall–Kier alpha value is -0.570. The molecule has 1 aliphatic carbocycles. The fourth-order valence-corrected chi connectivity index (χ4v) is 1.51.